The van der Waals surface area contributed by atoms with Crippen LogP contribution in [0.25, 0.3) is 0 Å². The van der Waals surface area contributed by atoms with Crippen LogP contribution in [0.15, 0.2) is 61.3 Å². The van der Waals surface area contributed by atoms with Gasteiger partial charge in [0, 0.05) is 21.9 Å². The highest BCUT2D eigenvalue weighted by Gasteiger charge is 2.73. The van der Waals surface area contributed by atoms with Crippen molar-refractivity contribution in [2.75, 3.05) is 16.8 Å². The molecule has 3 aromatic rings. The van der Waals surface area contributed by atoms with E-state index in [1.807, 2.05) is 0 Å². The fourth-order valence-electron chi connectivity index (χ4n) is 3.99. The number of rotatable bonds is 7. The Kier molecular flexibility index (Phi) is 10.3. The number of carbonyl (C=O) groups is 2. The summed E-state index contributed by atoms with van der Waals surface area (Å²) in [6.45, 7) is 2.81. The van der Waals surface area contributed by atoms with Crippen LogP contribution in [0.1, 0.15) is 37.5 Å². The molecule has 0 saturated heterocycles. The Morgan fingerprint density at radius 2 is 1.47 bits per heavy atom. The Balaban J connectivity index is 2.09. The van der Waals surface area contributed by atoms with Crippen LogP contribution in [0, 0.1) is 9.39 Å². The molecule has 1 heterocycles. The number of alkyl halides is 13. The average molecular weight is 805 g/mol. The SMILES string of the molecule is C=CCN(C(=O)c1ccc(C(F)(F)F)nc1)c1cccc(C(=O)Nc2c(I)cc(C(F)(C(F)(F)F)C(F)(F)F)cc2C(F)(F)F)c1F. The average Bonchev–Trinajstić information content (AvgIpc) is 2.94. The van der Waals surface area contributed by atoms with Crippen LogP contribution < -0.4 is 10.2 Å². The monoisotopic (exact) mass is 805 g/mol. The van der Waals surface area contributed by atoms with Crippen LogP contribution >= 0.6 is 22.6 Å². The summed E-state index contributed by atoms with van der Waals surface area (Å²) >= 11 is 0.810. The van der Waals surface area contributed by atoms with Gasteiger partial charge in [0.05, 0.1) is 28.1 Å². The number of hydrogen-bond acceptors (Lipinski definition) is 3. The molecule has 0 spiro atoms. The number of nitrogens with zero attached hydrogens (tertiary/aromatic N) is 2. The largest absolute Gasteiger partial charge is 0.435 e. The number of hydrogen-bond donors (Lipinski definition) is 1. The smallest absolute Gasteiger partial charge is 0.320 e. The summed E-state index contributed by atoms with van der Waals surface area (Å²) in [6, 6.07) is 2.61. The summed E-state index contributed by atoms with van der Waals surface area (Å²) in [7, 11) is 0. The second-order valence-electron chi connectivity index (χ2n) is 9.26. The first kappa shape index (κ1) is 37.5. The van der Waals surface area contributed by atoms with E-state index in [2.05, 4.69) is 11.6 Å². The Bertz CT molecular complexity index is 1670. The Hall–Kier alpha value is -3.98. The van der Waals surface area contributed by atoms with Crippen molar-refractivity contribution in [3.05, 3.63) is 98.7 Å². The fraction of sp³-hybridized carbons (Fsp3) is 0.222. The quantitative estimate of drug-likeness (QED) is 0.147. The van der Waals surface area contributed by atoms with E-state index in [0.29, 0.717) is 29.3 Å². The number of benzene rings is 2. The summed E-state index contributed by atoms with van der Waals surface area (Å²) in [6.07, 6.45) is -22.6. The van der Waals surface area contributed by atoms with Crippen molar-refractivity contribution < 1.29 is 71.1 Å². The van der Waals surface area contributed by atoms with E-state index in [4.69, 9.17) is 0 Å². The molecule has 0 unspecified atom stereocenters. The van der Waals surface area contributed by atoms with Gasteiger partial charge in [0.15, 0.2) is 5.82 Å². The van der Waals surface area contributed by atoms with E-state index in [1.165, 1.54) is 0 Å². The molecule has 1 aromatic heterocycles. The maximum Gasteiger partial charge on any atom is 0.435 e. The van der Waals surface area contributed by atoms with Crippen molar-refractivity contribution in [3.8, 4) is 0 Å². The predicted octanol–water partition coefficient (Wildman–Crippen LogP) is 9.24. The summed E-state index contributed by atoms with van der Waals surface area (Å²) in [5.41, 5.74) is -16.3. The minimum atomic E-state index is -6.77. The van der Waals surface area contributed by atoms with Gasteiger partial charge in [0.25, 0.3) is 11.8 Å². The number of pyridine rings is 1. The number of aromatic nitrogens is 1. The maximum atomic E-state index is 15.6. The topological polar surface area (TPSA) is 62.3 Å². The second kappa shape index (κ2) is 12.9. The van der Waals surface area contributed by atoms with Crippen LogP contribution in [-0.4, -0.2) is 35.7 Å². The van der Waals surface area contributed by atoms with Crippen LogP contribution in [0.4, 0.5) is 72.8 Å². The van der Waals surface area contributed by atoms with Gasteiger partial charge in [-0.05, 0) is 59.0 Å². The molecule has 0 bridgehead atoms. The van der Waals surface area contributed by atoms with E-state index >= 15 is 4.39 Å². The summed E-state index contributed by atoms with van der Waals surface area (Å²) < 4.78 is 189. The van der Waals surface area contributed by atoms with E-state index in [0.717, 1.165) is 40.8 Å². The molecule has 2 amide bonds. The zero-order valence-corrected chi connectivity index (χ0v) is 24.6. The molecule has 3 rings (SSSR count). The van der Waals surface area contributed by atoms with Gasteiger partial charge in [-0.25, -0.2) is 8.78 Å². The van der Waals surface area contributed by atoms with Crippen molar-refractivity contribution in [1.29, 1.82) is 0 Å². The molecular formula is C27H14F14IN3O2. The van der Waals surface area contributed by atoms with Gasteiger partial charge < -0.3 is 10.2 Å². The number of amides is 2. The van der Waals surface area contributed by atoms with Crippen LogP contribution in [0.2, 0.25) is 0 Å². The van der Waals surface area contributed by atoms with Gasteiger partial charge in [0.2, 0.25) is 0 Å². The lowest BCUT2D eigenvalue weighted by molar-refractivity contribution is -0.348. The third kappa shape index (κ3) is 7.45. The van der Waals surface area contributed by atoms with Gasteiger partial charge in [-0.3, -0.25) is 14.6 Å². The van der Waals surface area contributed by atoms with E-state index < -0.39 is 104 Å². The second-order valence-corrected chi connectivity index (χ2v) is 10.4. The molecule has 2 aromatic carbocycles. The molecule has 0 fully saturated rings. The molecule has 0 saturated carbocycles. The molecule has 20 heteroatoms. The molecule has 0 radical (unpaired) electrons. The first-order valence-corrected chi connectivity index (χ1v) is 13.2. The number of halogens is 15. The molecule has 0 aliphatic rings. The molecule has 47 heavy (non-hydrogen) atoms. The van der Waals surface area contributed by atoms with E-state index in [-0.39, 0.29) is 6.07 Å². The lowest BCUT2D eigenvalue weighted by atomic mass is 9.92. The molecular weight excluding hydrogens is 791 g/mol. The molecule has 1 N–H and O–H groups in total. The highest BCUT2D eigenvalue weighted by molar-refractivity contribution is 14.1. The lowest BCUT2D eigenvalue weighted by Gasteiger charge is -2.31. The number of anilines is 2. The first-order chi connectivity index (χ1) is 21.4. The molecule has 0 atom stereocenters. The Morgan fingerprint density at radius 1 is 0.872 bits per heavy atom. The lowest BCUT2D eigenvalue weighted by Crippen LogP contribution is -2.50. The minimum absolute atomic E-state index is 0.234. The Labute approximate surface area is 267 Å². The Morgan fingerprint density at radius 3 is 1.94 bits per heavy atom. The fourth-order valence-corrected chi connectivity index (χ4v) is 4.75. The number of carbonyl (C=O) groups excluding carboxylic acids is 2. The van der Waals surface area contributed by atoms with E-state index in [1.54, 1.807) is 5.32 Å². The molecule has 254 valence electrons. The van der Waals surface area contributed by atoms with Crippen molar-refractivity contribution in [3.63, 3.8) is 0 Å². The van der Waals surface area contributed by atoms with Gasteiger partial charge in [-0.2, -0.15) is 52.7 Å². The number of nitrogens with one attached hydrogen (secondary N) is 1. The van der Waals surface area contributed by atoms with Crippen molar-refractivity contribution >= 4 is 45.8 Å². The van der Waals surface area contributed by atoms with Crippen molar-refractivity contribution in [2.24, 2.45) is 0 Å². The van der Waals surface area contributed by atoms with Crippen LogP contribution in [0.5, 0.6) is 0 Å². The summed E-state index contributed by atoms with van der Waals surface area (Å²) in [5.74, 6) is -4.52. The van der Waals surface area contributed by atoms with Crippen molar-refractivity contribution in [2.45, 2.75) is 30.4 Å². The van der Waals surface area contributed by atoms with Crippen LogP contribution in [-0.2, 0) is 18.0 Å². The first-order valence-electron chi connectivity index (χ1n) is 12.2. The highest BCUT2D eigenvalue weighted by atomic mass is 127. The summed E-state index contributed by atoms with van der Waals surface area (Å²) in [5, 5.41) is 1.55. The zero-order chi connectivity index (χ0) is 35.9. The third-order valence-corrected chi connectivity index (χ3v) is 7.04. The van der Waals surface area contributed by atoms with Gasteiger partial charge in [-0.1, -0.05) is 12.1 Å². The molecule has 0 aliphatic heterocycles. The molecule has 0 aliphatic carbocycles. The van der Waals surface area contributed by atoms with Gasteiger partial charge in [0.1, 0.15) is 5.69 Å². The maximum absolute atomic E-state index is 15.6. The summed E-state index contributed by atoms with van der Waals surface area (Å²) in [4.78, 5) is 29.7. The van der Waals surface area contributed by atoms with Crippen molar-refractivity contribution in [1.82, 2.24) is 4.98 Å². The standard InChI is InChI=1S/C27H14F14IN3O2/c1-2-8-45(22(47)12-6-7-18(43-11-12)25(33,34)35)17-5-3-4-14(19(17)28)21(46)44-20-15(24(30,31)32)9-13(10-16(20)42)23(29,26(36,37)38)27(39,40)41/h2-7,9-11H,1,8H2,(H,44,46). The highest BCUT2D eigenvalue weighted by Crippen LogP contribution is 2.54. The normalized spacial score (nSPS) is 12.9. The zero-order valence-electron chi connectivity index (χ0n) is 22.5. The van der Waals surface area contributed by atoms with Gasteiger partial charge >= 0.3 is 30.4 Å². The predicted molar refractivity (Wildman–Crippen MR) is 145 cm³/mol. The van der Waals surface area contributed by atoms with Gasteiger partial charge in [-0.15, -0.1) is 6.58 Å². The molecule has 5 nitrogen and oxygen atoms in total. The van der Waals surface area contributed by atoms with Crippen LogP contribution in [0.3, 0.4) is 0 Å². The minimum Gasteiger partial charge on any atom is -0.320 e. The third-order valence-electron chi connectivity index (χ3n) is 6.18. The van der Waals surface area contributed by atoms with E-state index in [9.17, 15) is 66.7 Å².